The van der Waals surface area contributed by atoms with E-state index in [9.17, 15) is 33.1 Å². The summed E-state index contributed by atoms with van der Waals surface area (Å²) in [5, 5.41) is 28.6. The Morgan fingerprint density at radius 2 is 1.78 bits per heavy atom. The Labute approximate surface area is 174 Å². The van der Waals surface area contributed by atoms with Crippen molar-refractivity contribution in [1.29, 1.82) is 0 Å². The molecule has 0 fully saturated rings. The van der Waals surface area contributed by atoms with E-state index < -0.39 is 43.1 Å². The molecular formula is C16H11NaO9S. The van der Waals surface area contributed by atoms with Crippen molar-refractivity contribution in [2.75, 3.05) is 7.11 Å². The molecule has 2 aromatic carbocycles. The zero-order valence-corrected chi connectivity index (χ0v) is 16.9. The van der Waals surface area contributed by atoms with Crippen molar-refractivity contribution in [2.45, 2.75) is 4.90 Å². The molecule has 0 saturated heterocycles. The fourth-order valence-corrected chi connectivity index (χ4v) is 3.15. The molecule has 9 nitrogen and oxygen atoms in total. The Morgan fingerprint density at radius 3 is 2.37 bits per heavy atom. The third kappa shape index (κ3) is 3.62. The van der Waals surface area contributed by atoms with Crippen molar-refractivity contribution in [3.8, 4) is 34.1 Å². The molecule has 3 N–H and O–H groups in total. The van der Waals surface area contributed by atoms with Crippen LogP contribution in [0.4, 0.5) is 0 Å². The van der Waals surface area contributed by atoms with Gasteiger partial charge in [0.2, 0.25) is 11.2 Å². The zero-order valence-electron chi connectivity index (χ0n) is 14.1. The van der Waals surface area contributed by atoms with Gasteiger partial charge in [-0.1, -0.05) is 6.07 Å². The van der Waals surface area contributed by atoms with Crippen molar-refractivity contribution in [1.82, 2.24) is 0 Å². The molecular weight excluding hydrogens is 391 g/mol. The molecule has 1 heterocycles. The average Bonchev–Trinajstić information content (AvgIpc) is 2.58. The summed E-state index contributed by atoms with van der Waals surface area (Å²) in [7, 11) is -3.70. The van der Waals surface area contributed by atoms with Gasteiger partial charge in [0.15, 0.2) is 11.5 Å². The molecule has 11 heteroatoms. The quantitative estimate of drug-likeness (QED) is 0.269. The van der Waals surface area contributed by atoms with Gasteiger partial charge in [-0.15, -0.1) is 0 Å². The van der Waals surface area contributed by atoms with Crippen LogP contribution in [0.25, 0.3) is 22.1 Å². The van der Waals surface area contributed by atoms with Crippen LogP contribution in [0, 0.1) is 0 Å². The number of benzene rings is 2. The second-order valence-corrected chi connectivity index (χ2v) is 6.61. The molecule has 0 aliphatic rings. The molecule has 3 aromatic rings. The summed E-state index contributed by atoms with van der Waals surface area (Å²) in [6, 6.07) is 4.40. The second kappa shape index (κ2) is 7.41. The van der Waals surface area contributed by atoms with Gasteiger partial charge in [0, 0.05) is 6.07 Å². The van der Waals surface area contributed by atoms with E-state index in [4.69, 9.17) is 9.15 Å². The summed E-state index contributed by atoms with van der Waals surface area (Å²) in [6.07, 6.45) is 0.976. The summed E-state index contributed by atoms with van der Waals surface area (Å²) < 4.78 is 44.2. The number of aromatic hydroxyl groups is 3. The van der Waals surface area contributed by atoms with Gasteiger partial charge in [-0.25, -0.2) is 8.42 Å². The monoisotopic (exact) mass is 402 g/mol. The molecule has 136 valence electrons. The second-order valence-electron chi connectivity index (χ2n) is 5.26. The normalized spacial score (nSPS) is 11.2. The Balaban J connectivity index is 0.00000261. The summed E-state index contributed by atoms with van der Waals surface area (Å²) in [5.74, 6) is -2.67. The van der Waals surface area contributed by atoms with Crippen LogP contribution in [-0.2, 0) is 10.1 Å². The molecule has 0 amide bonds. The van der Waals surface area contributed by atoms with E-state index in [1.807, 2.05) is 0 Å². The van der Waals surface area contributed by atoms with Crippen molar-refractivity contribution < 1.29 is 67.0 Å². The van der Waals surface area contributed by atoms with E-state index in [-0.39, 0.29) is 52.0 Å². The van der Waals surface area contributed by atoms with Crippen LogP contribution in [0.3, 0.4) is 0 Å². The molecule has 3 rings (SSSR count). The first-order chi connectivity index (χ1) is 12.1. The van der Waals surface area contributed by atoms with Crippen LogP contribution in [0.2, 0.25) is 0 Å². The van der Waals surface area contributed by atoms with Crippen molar-refractivity contribution in [3.05, 3.63) is 40.8 Å². The van der Waals surface area contributed by atoms with E-state index in [2.05, 4.69) is 0 Å². The van der Waals surface area contributed by atoms with Crippen LogP contribution < -0.4 is 39.7 Å². The summed E-state index contributed by atoms with van der Waals surface area (Å²) >= 11 is 0. The first kappa shape index (κ1) is 21.1. The molecule has 0 radical (unpaired) electrons. The minimum absolute atomic E-state index is 0. The minimum Gasteiger partial charge on any atom is -0.744 e. The third-order valence-corrected chi connectivity index (χ3v) is 4.60. The molecule has 0 bridgehead atoms. The number of ether oxygens (including phenoxy) is 1. The molecule has 0 atom stereocenters. The average molecular weight is 402 g/mol. The number of phenolic OH excluding ortho intramolecular Hbond substituents is 3. The van der Waals surface area contributed by atoms with E-state index in [0.717, 1.165) is 18.4 Å². The third-order valence-electron chi connectivity index (χ3n) is 3.74. The summed E-state index contributed by atoms with van der Waals surface area (Å²) in [6.45, 7) is 0. The van der Waals surface area contributed by atoms with Gasteiger partial charge >= 0.3 is 29.6 Å². The van der Waals surface area contributed by atoms with Crippen molar-refractivity contribution in [2.24, 2.45) is 0 Å². The molecule has 0 spiro atoms. The number of hydrogen-bond donors (Lipinski definition) is 3. The number of hydrogen-bond acceptors (Lipinski definition) is 9. The van der Waals surface area contributed by atoms with E-state index in [1.165, 1.54) is 19.2 Å². The fourth-order valence-electron chi connectivity index (χ4n) is 2.48. The molecule has 27 heavy (non-hydrogen) atoms. The first-order valence-electron chi connectivity index (χ1n) is 6.99. The van der Waals surface area contributed by atoms with Gasteiger partial charge in [0.1, 0.15) is 33.1 Å². The zero-order chi connectivity index (χ0) is 19.2. The molecule has 0 saturated carbocycles. The van der Waals surface area contributed by atoms with Gasteiger partial charge in [-0.3, -0.25) is 4.79 Å². The van der Waals surface area contributed by atoms with E-state index in [0.29, 0.717) is 0 Å². The summed E-state index contributed by atoms with van der Waals surface area (Å²) in [4.78, 5) is 12.0. The fraction of sp³-hybridized carbons (Fsp3) is 0.0625. The van der Waals surface area contributed by atoms with Gasteiger partial charge in [-0.2, -0.15) is 0 Å². The Hall–Kier alpha value is -2.24. The standard InChI is InChI=1S/C16H12O9S.Na/c1-24-10-3-2-7(4-12(10)26(21,22)23)8-6-25-11-5-9(17)15(19)16(20)13(11)14(8)18;/h2-6,17,19-20H,1H3,(H,21,22,23);/q;+1/p-1. The van der Waals surface area contributed by atoms with Crippen molar-refractivity contribution in [3.63, 3.8) is 0 Å². The van der Waals surface area contributed by atoms with Gasteiger partial charge < -0.3 is 29.0 Å². The van der Waals surface area contributed by atoms with Gasteiger partial charge in [-0.05, 0) is 17.7 Å². The maximum Gasteiger partial charge on any atom is 1.00 e. The van der Waals surface area contributed by atoms with Crippen LogP contribution in [0.15, 0.2) is 44.6 Å². The smallest absolute Gasteiger partial charge is 0.744 e. The maximum absolute atomic E-state index is 12.7. The minimum atomic E-state index is -4.88. The number of methoxy groups -OCH3 is 1. The van der Waals surface area contributed by atoms with E-state index in [1.54, 1.807) is 0 Å². The van der Waals surface area contributed by atoms with Crippen LogP contribution in [0.5, 0.6) is 23.0 Å². The van der Waals surface area contributed by atoms with Crippen LogP contribution >= 0.6 is 0 Å². The topological polar surface area (TPSA) is 157 Å². The van der Waals surface area contributed by atoms with Crippen molar-refractivity contribution >= 4 is 21.1 Å². The first-order valence-corrected chi connectivity index (χ1v) is 8.39. The maximum atomic E-state index is 12.7. The molecule has 0 unspecified atom stereocenters. The van der Waals surface area contributed by atoms with Crippen LogP contribution in [0.1, 0.15) is 0 Å². The van der Waals surface area contributed by atoms with E-state index >= 15 is 0 Å². The number of rotatable bonds is 3. The Kier molecular flexibility index (Phi) is 5.78. The number of phenols is 3. The Morgan fingerprint density at radius 1 is 1.11 bits per heavy atom. The van der Waals surface area contributed by atoms with Crippen LogP contribution in [-0.4, -0.2) is 35.4 Å². The molecule has 1 aromatic heterocycles. The summed E-state index contributed by atoms with van der Waals surface area (Å²) in [5.41, 5.74) is -1.16. The molecule has 0 aliphatic heterocycles. The number of fused-ring (bicyclic) bond motifs is 1. The van der Waals surface area contributed by atoms with Gasteiger partial charge in [0.25, 0.3) is 0 Å². The predicted molar refractivity (Wildman–Crippen MR) is 87.4 cm³/mol. The molecule has 0 aliphatic carbocycles. The largest absolute Gasteiger partial charge is 1.00 e. The Bertz CT molecular complexity index is 1200. The van der Waals surface area contributed by atoms with Gasteiger partial charge in [0.05, 0.1) is 17.6 Å². The SMILES string of the molecule is COc1ccc(-c2coc3cc(O)c(O)c(O)c3c2=O)cc1S(=O)(=O)[O-].[Na+]. The predicted octanol–water partition coefficient (Wildman–Crippen LogP) is -1.51.